The normalized spacial score (nSPS) is 12.1. The summed E-state index contributed by atoms with van der Waals surface area (Å²) in [6, 6.07) is 97.1. The predicted octanol–water partition coefficient (Wildman–Crippen LogP) is 13.1. The number of benzene rings is 10. The maximum absolute atomic E-state index is 5.90. The van der Waals surface area contributed by atoms with Gasteiger partial charge in [0.15, 0.2) is 8.07 Å². The van der Waals surface area contributed by atoms with Crippen LogP contribution < -0.4 is 20.7 Å². The first-order valence-electron chi connectivity index (χ1n) is 24.9. The van der Waals surface area contributed by atoms with Crippen LogP contribution in [0.4, 0.5) is 0 Å². The van der Waals surface area contributed by atoms with Crippen molar-refractivity contribution in [3.05, 3.63) is 267 Å². The fourth-order valence-electron chi connectivity index (χ4n) is 12.1. The quantitative estimate of drug-likeness (QED) is 0.113. The summed E-state index contributed by atoms with van der Waals surface area (Å²) in [5, 5.41) is 9.95. The van der Waals surface area contributed by atoms with E-state index in [0.29, 0.717) is 0 Å². The van der Waals surface area contributed by atoms with Crippen molar-refractivity contribution in [2.75, 3.05) is 0 Å². The highest BCUT2D eigenvalue weighted by molar-refractivity contribution is 7.20. The van der Waals surface area contributed by atoms with Crippen LogP contribution in [-0.2, 0) is 0 Å². The Morgan fingerprint density at radius 3 is 1.19 bits per heavy atom. The Morgan fingerprint density at radius 1 is 0.301 bits per heavy atom. The number of para-hydroxylation sites is 8. The van der Waals surface area contributed by atoms with E-state index in [1.165, 1.54) is 42.3 Å². The lowest BCUT2D eigenvalue weighted by molar-refractivity contribution is 1.01. The molecule has 0 N–H and O–H groups in total. The van der Waals surface area contributed by atoms with Gasteiger partial charge in [-0.2, -0.15) is 0 Å². The van der Waals surface area contributed by atoms with E-state index in [4.69, 9.17) is 9.97 Å². The molecule has 0 fully saturated rings. The van der Waals surface area contributed by atoms with Gasteiger partial charge in [-0.1, -0.05) is 206 Å². The van der Waals surface area contributed by atoms with Crippen LogP contribution in [-0.4, -0.2) is 36.1 Å². The van der Waals surface area contributed by atoms with Crippen molar-refractivity contribution in [3.8, 4) is 28.5 Å². The van der Waals surface area contributed by atoms with Crippen LogP contribution in [0.15, 0.2) is 267 Å². The van der Waals surface area contributed by atoms with Gasteiger partial charge in [0.05, 0.1) is 49.8 Å². The minimum atomic E-state index is -2.97. The van der Waals surface area contributed by atoms with E-state index < -0.39 is 8.07 Å². The molecule has 0 atom stereocenters. The number of imidazole rings is 2. The Hall–Kier alpha value is -9.56. The summed E-state index contributed by atoms with van der Waals surface area (Å²) in [6.07, 6.45) is 0. The van der Waals surface area contributed by atoms with E-state index >= 15 is 0 Å². The van der Waals surface area contributed by atoms with Crippen LogP contribution in [0.25, 0.3) is 99.9 Å². The lowest BCUT2D eigenvalue weighted by Gasteiger charge is -2.34. The minimum Gasteiger partial charge on any atom is -0.294 e. The Balaban J connectivity index is 1.03. The van der Waals surface area contributed by atoms with E-state index in [2.05, 4.69) is 285 Å². The van der Waals surface area contributed by atoms with E-state index in [1.54, 1.807) is 0 Å². The monoisotopic (exact) mass is 948 g/mol. The smallest absolute Gasteiger partial charge is 0.220 e. The standard InChI is InChI=1S/C66H44N6Si/c1-4-23-46(24-5-1)73(47-25-6-2-7-26-47,48-27-8-3-9-28-48)62-42-22-41-61-65(62)68-66-71(59-39-20-21-40-60(59)72(61)66)54-34-15-10-29-49(54)45-43-63(69-55-35-16-11-30-50(55)51-31-12-17-36-56(51)69)67-64(44-45)70-57-37-18-13-32-52(57)53-33-14-19-38-58(53)70/h1-44H. The van der Waals surface area contributed by atoms with Gasteiger partial charge in [-0.3, -0.25) is 18.1 Å². The van der Waals surface area contributed by atoms with E-state index in [9.17, 15) is 0 Å². The number of hydrogen-bond acceptors (Lipinski definition) is 2. The Kier molecular flexibility index (Phi) is 9.18. The molecule has 7 heteroatoms. The van der Waals surface area contributed by atoms with Gasteiger partial charge in [-0.25, -0.2) is 9.97 Å². The molecule has 0 amide bonds. The molecule has 0 saturated heterocycles. The predicted molar refractivity (Wildman–Crippen MR) is 305 cm³/mol. The highest BCUT2D eigenvalue weighted by atomic mass is 28.3. The second kappa shape index (κ2) is 16.2. The number of rotatable bonds is 8. The summed E-state index contributed by atoms with van der Waals surface area (Å²) in [6.45, 7) is 0. The fourth-order valence-corrected chi connectivity index (χ4v) is 17.0. The van der Waals surface area contributed by atoms with Crippen molar-refractivity contribution in [2.45, 2.75) is 0 Å². The lowest BCUT2D eigenvalue weighted by Crippen LogP contribution is -2.74. The van der Waals surface area contributed by atoms with Crippen LogP contribution in [0.3, 0.4) is 0 Å². The molecule has 6 nitrogen and oxygen atoms in total. The third kappa shape index (κ3) is 6.03. The Labute approximate surface area is 421 Å². The average molecular weight is 949 g/mol. The maximum Gasteiger partial charge on any atom is 0.220 e. The van der Waals surface area contributed by atoms with Crippen molar-refractivity contribution in [2.24, 2.45) is 0 Å². The Morgan fingerprint density at radius 2 is 0.699 bits per heavy atom. The first kappa shape index (κ1) is 41.2. The molecule has 15 aromatic rings. The zero-order chi connectivity index (χ0) is 48.0. The molecule has 10 aromatic carbocycles. The third-order valence-corrected chi connectivity index (χ3v) is 19.9. The molecular weight excluding hydrogens is 905 g/mol. The topological polar surface area (TPSA) is 45.0 Å². The van der Waals surface area contributed by atoms with Gasteiger partial charge in [0.1, 0.15) is 11.6 Å². The first-order chi connectivity index (χ1) is 36.3. The summed E-state index contributed by atoms with van der Waals surface area (Å²) in [7, 11) is -2.97. The number of pyridine rings is 1. The van der Waals surface area contributed by atoms with Crippen molar-refractivity contribution < 1.29 is 0 Å². The second-order valence-electron chi connectivity index (χ2n) is 18.9. The molecule has 15 rings (SSSR count). The molecule has 0 aliphatic rings. The van der Waals surface area contributed by atoms with Crippen LogP contribution >= 0.6 is 0 Å². The molecule has 5 aromatic heterocycles. The van der Waals surface area contributed by atoms with Gasteiger partial charge in [0.2, 0.25) is 5.78 Å². The van der Waals surface area contributed by atoms with Crippen LogP contribution in [0.1, 0.15) is 0 Å². The maximum atomic E-state index is 5.90. The number of fused-ring (bicyclic) bond motifs is 11. The van der Waals surface area contributed by atoms with Crippen molar-refractivity contribution in [1.82, 2.24) is 28.1 Å². The minimum absolute atomic E-state index is 0.837. The molecule has 0 radical (unpaired) electrons. The van der Waals surface area contributed by atoms with Crippen LogP contribution in [0.2, 0.25) is 0 Å². The van der Waals surface area contributed by atoms with Gasteiger partial charge in [-0.15, -0.1) is 0 Å². The number of aromatic nitrogens is 6. The van der Waals surface area contributed by atoms with E-state index in [0.717, 1.165) is 78.4 Å². The molecule has 0 aliphatic carbocycles. The largest absolute Gasteiger partial charge is 0.294 e. The molecule has 0 saturated carbocycles. The summed E-state index contributed by atoms with van der Waals surface area (Å²) in [5.74, 6) is 2.53. The first-order valence-corrected chi connectivity index (χ1v) is 26.9. The summed E-state index contributed by atoms with van der Waals surface area (Å²) >= 11 is 0. The van der Waals surface area contributed by atoms with Gasteiger partial charge in [-0.05, 0) is 87.0 Å². The van der Waals surface area contributed by atoms with Crippen LogP contribution in [0.5, 0.6) is 0 Å². The van der Waals surface area contributed by atoms with Gasteiger partial charge < -0.3 is 0 Å². The average Bonchev–Trinajstić information content (AvgIpc) is 4.21. The summed E-state index contributed by atoms with van der Waals surface area (Å²) in [5.41, 5.74) is 11.8. The van der Waals surface area contributed by atoms with Gasteiger partial charge >= 0.3 is 0 Å². The van der Waals surface area contributed by atoms with Crippen molar-refractivity contribution >= 4 is 100 Å². The Bertz CT molecular complexity index is 4290. The third-order valence-electron chi connectivity index (χ3n) is 15.1. The van der Waals surface area contributed by atoms with Gasteiger partial charge in [0, 0.05) is 27.1 Å². The van der Waals surface area contributed by atoms with E-state index in [1.807, 2.05) is 0 Å². The SMILES string of the molecule is c1ccc([Si](c2ccccc2)(c2ccccc2)c2cccc3c2nc2n(-c4ccccc4-c4cc(-n5c6ccccc6c6ccccc65)nc(-n5c6ccccc6c6ccccc65)c4)c4ccccc4n32)cc1. The van der Waals surface area contributed by atoms with Crippen LogP contribution in [0, 0.1) is 0 Å². The van der Waals surface area contributed by atoms with E-state index in [-0.39, 0.29) is 0 Å². The lowest BCUT2D eigenvalue weighted by atomic mass is 10.0. The molecule has 73 heavy (non-hydrogen) atoms. The molecule has 5 heterocycles. The highest BCUT2D eigenvalue weighted by Crippen LogP contribution is 2.39. The molecule has 0 spiro atoms. The fraction of sp³-hybridized carbons (Fsp3) is 0. The highest BCUT2D eigenvalue weighted by Gasteiger charge is 2.43. The molecule has 342 valence electrons. The molecular formula is C66H44N6Si. The number of hydrogen-bond donors (Lipinski definition) is 0. The van der Waals surface area contributed by atoms with Gasteiger partial charge in [0.25, 0.3) is 0 Å². The molecule has 0 unspecified atom stereocenters. The summed E-state index contributed by atoms with van der Waals surface area (Å²) in [4.78, 5) is 11.6. The summed E-state index contributed by atoms with van der Waals surface area (Å²) < 4.78 is 9.43. The van der Waals surface area contributed by atoms with Crippen molar-refractivity contribution in [1.29, 1.82) is 0 Å². The number of nitrogens with zero attached hydrogens (tertiary/aromatic N) is 6. The zero-order valence-electron chi connectivity index (χ0n) is 39.6. The second-order valence-corrected chi connectivity index (χ2v) is 22.7. The molecule has 0 bridgehead atoms. The zero-order valence-corrected chi connectivity index (χ0v) is 40.6. The van der Waals surface area contributed by atoms with Crippen molar-refractivity contribution in [3.63, 3.8) is 0 Å². The molecule has 0 aliphatic heterocycles.